The molecule has 1 aromatic carbocycles. The number of benzene rings is 1. The maximum Gasteiger partial charge on any atom is 0.0410 e. The van der Waals surface area contributed by atoms with E-state index in [9.17, 15) is 0 Å². The fourth-order valence-electron chi connectivity index (χ4n) is 2.96. The lowest BCUT2D eigenvalue weighted by molar-refractivity contribution is 0.363. The normalized spacial score (nSPS) is 27.0. The Hall–Kier alpha value is -0.220. The summed E-state index contributed by atoms with van der Waals surface area (Å²) in [5, 5.41) is 8.19. The van der Waals surface area contributed by atoms with Crippen LogP contribution in [0.4, 0.5) is 0 Å². The maximum absolute atomic E-state index is 6.14. The Kier molecular flexibility index (Phi) is 4.69. The fourth-order valence-corrected chi connectivity index (χ4v) is 4.25. The van der Waals surface area contributed by atoms with Crippen molar-refractivity contribution in [2.24, 2.45) is 0 Å². The largest absolute Gasteiger partial charge is 0.313 e. The van der Waals surface area contributed by atoms with Gasteiger partial charge in [-0.2, -0.15) is 0 Å². The Bertz CT molecular complexity index is 432. The summed E-state index contributed by atoms with van der Waals surface area (Å²) in [5.41, 5.74) is 1.39. The van der Waals surface area contributed by atoms with E-state index >= 15 is 0 Å². The van der Waals surface area contributed by atoms with Gasteiger partial charge in [-0.15, -0.1) is 11.8 Å². The quantitative estimate of drug-likeness (QED) is 0.891. The number of piperidine rings is 1. The summed E-state index contributed by atoms with van der Waals surface area (Å²) >= 11 is 8.09. The van der Waals surface area contributed by atoms with Crippen LogP contribution >= 0.6 is 23.4 Å². The van der Waals surface area contributed by atoms with Crippen molar-refractivity contribution in [1.29, 1.82) is 0 Å². The first-order valence-corrected chi connectivity index (χ1v) is 8.58. The Morgan fingerprint density at radius 1 is 1.32 bits per heavy atom. The molecule has 0 saturated carbocycles. The summed E-state index contributed by atoms with van der Waals surface area (Å²) in [5.74, 6) is 1.20. The van der Waals surface area contributed by atoms with Crippen molar-refractivity contribution < 1.29 is 0 Å². The van der Waals surface area contributed by atoms with Crippen LogP contribution in [0.25, 0.3) is 0 Å². The Morgan fingerprint density at radius 2 is 2.26 bits per heavy atom. The predicted octanol–water partition coefficient (Wildman–Crippen LogP) is 3.61. The summed E-state index contributed by atoms with van der Waals surface area (Å²) in [6.45, 7) is 2.25. The highest BCUT2D eigenvalue weighted by Crippen LogP contribution is 2.37. The SMILES string of the molecule is Clc1ccc2c(c1)C(NCC1CCCCN1)CCS2. The third kappa shape index (κ3) is 3.46. The summed E-state index contributed by atoms with van der Waals surface area (Å²) in [4.78, 5) is 1.39. The number of hydrogen-bond acceptors (Lipinski definition) is 3. The minimum atomic E-state index is 0.471. The van der Waals surface area contributed by atoms with Crippen LogP contribution in [0.15, 0.2) is 23.1 Å². The third-order valence-electron chi connectivity index (χ3n) is 4.03. The molecule has 2 nitrogen and oxygen atoms in total. The number of nitrogens with one attached hydrogen (secondary N) is 2. The number of rotatable bonds is 3. The van der Waals surface area contributed by atoms with Crippen molar-refractivity contribution in [2.45, 2.75) is 42.7 Å². The fraction of sp³-hybridized carbons (Fsp3) is 0.600. The standard InChI is InChI=1S/C15H21ClN2S/c16-11-4-5-15-13(9-11)14(6-8-19-15)18-10-12-3-1-2-7-17-12/h4-5,9,12,14,17-18H,1-3,6-8,10H2. The first-order chi connectivity index (χ1) is 9.33. The van der Waals surface area contributed by atoms with E-state index in [4.69, 9.17) is 11.6 Å². The number of halogens is 1. The van der Waals surface area contributed by atoms with E-state index in [0.29, 0.717) is 12.1 Å². The molecule has 2 unspecified atom stereocenters. The van der Waals surface area contributed by atoms with Crippen LogP contribution in [0.1, 0.15) is 37.3 Å². The van der Waals surface area contributed by atoms with Gasteiger partial charge >= 0.3 is 0 Å². The Balaban J connectivity index is 1.64. The molecule has 0 bridgehead atoms. The van der Waals surface area contributed by atoms with Crippen LogP contribution in [-0.2, 0) is 0 Å². The van der Waals surface area contributed by atoms with Crippen LogP contribution in [0.2, 0.25) is 5.02 Å². The van der Waals surface area contributed by atoms with Crippen molar-refractivity contribution >= 4 is 23.4 Å². The van der Waals surface area contributed by atoms with Crippen LogP contribution in [0.3, 0.4) is 0 Å². The lowest BCUT2D eigenvalue weighted by atomic mass is 10.0. The first kappa shape index (κ1) is 13.7. The van der Waals surface area contributed by atoms with Gasteiger partial charge in [-0.05, 0) is 55.3 Å². The van der Waals surface area contributed by atoms with Gasteiger partial charge in [-0.25, -0.2) is 0 Å². The van der Waals surface area contributed by atoms with Gasteiger partial charge in [0, 0.05) is 28.5 Å². The lowest BCUT2D eigenvalue weighted by Crippen LogP contribution is -2.43. The molecule has 3 rings (SSSR count). The van der Waals surface area contributed by atoms with E-state index in [1.807, 2.05) is 17.8 Å². The molecule has 2 atom stereocenters. The van der Waals surface area contributed by atoms with Crippen molar-refractivity contribution in [2.75, 3.05) is 18.8 Å². The molecule has 19 heavy (non-hydrogen) atoms. The molecule has 0 amide bonds. The second-order valence-electron chi connectivity index (χ2n) is 5.43. The maximum atomic E-state index is 6.14. The molecule has 2 aliphatic heterocycles. The average molecular weight is 297 g/mol. The summed E-state index contributed by atoms with van der Waals surface area (Å²) in [6, 6.07) is 7.41. The topological polar surface area (TPSA) is 24.1 Å². The van der Waals surface area contributed by atoms with Crippen LogP contribution in [-0.4, -0.2) is 24.9 Å². The molecule has 1 saturated heterocycles. The van der Waals surface area contributed by atoms with Crippen molar-refractivity contribution in [3.05, 3.63) is 28.8 Å². The van der Waals surface area contributed by atoms with Crippen LogP contribution < -0.4 is 10.6 Å². The molecule has 1 aromatic rings. The third-order valence-corrected chi connectivity index (χ3v) is 5.39. The summed E-state index contributed by atoms with van der Waals surface area (Å²) in [7, 11) is 0. The number of fused-ring (bicyclic) bond motifs is 1. The highest BCUT2D eigenvalue weighted by Gasteiger charge is 2.22. The molecule has 4 heteroatoms. The molecule has 0 aliphatic carbocycles. The Morgan fingerprint density at radius 3 is 3.11 bits per heavy atom. The minimum absolute atomic E-state index is 0.471. The second-order valence-corrected chi connectivity index (χ2v) is 7.00. The van der Waals surface area contributed by atoms with Crippen LogP contribution in [0.5, 0.6) is 0 Å². The smallest absolute Gasteiger partial charge is 0.0410 e. The molecule has 0 radical (unpaired) electrons. The number of hydrogen-bond donors (Lipinski definition) is 2. The highest BCUT2D eigenvalue weighted by atomic mass is 35.5. The monoisotopic (exact) mass is 296 g/mol. The van der Waals surface area contributed by atoms with E-state index < -0.39 is 0 Å². The van der Waals surface area contributed by atoms with E-state index in [1.54, 1.807) is 0 Å². The Labute approximate surface area is 124 Å². The van der Waals surface area contributed by atoms with Gasteiger partial charge in [0.1, 0.15) is 0 Å². The zero-order valence-electron chi connectivity index (χ0n) is 11.1. The van der Waals surface area contributed by atoms with Gasteiger partial charge in [0.25, 0.3) is 0 Å². The molecule has 2 heterocycles. The molecule has 0 spiro atoms. The van der Waals surface area contributed by atoms with E-state index in [1.165, 1.54) is 48.4 Å². The van der Waals surface area contributed by atoms with Crippen molar-refractivity contribution in [3.63, 3.8) is 0 Å². The molecule has 104 valence electrons. The van der Waals surface area contributed by atoms with Crippen LogP contribution in [0, 0.1) is 0 Å². The lowest BCUT2D eigenvalue weighted by Gasteiger charge is -2.30. The molecule has 0 aromatic heterocycles. The van der Waals surface area contributed by atoms with Gasteiger partial charge in [-0.3, -0.25) is 0 Å². The average Bonchev–Trinajstić information content (AvgIpc) is 2.46. The molecular formula is C15H21ClN2S. The zero-order valence-corrected chi connectivity index (χ0v) is 12.7. The van der Waals surface area contributed by atoms with Gasteiger partial charge in [-0.1, -0.05) is 18.0 Å². The predicted molar refractivity (Wildman–Crippen MR) is 83.2 cm³/mol. The zero-order chi connectivity index (χ0) is 13.1. The van der Waals surface area contributed by atoms with Crippen molar-refractivity contribution in [1.82, 2.24) is 10.6 Å². The highest BCUT2D eigenvalue weighted by molar-refractivity contribution is 7.99. The van der Waals surface area contributed by atoms with Crippen molar-refractivity contribution in [3.8, 4) is 0 Å². The summed E-state index contributed by atoms with van der Waals surface area (Å²) < 4.78 is 0. The molecule has 2 aliphatic rings. The van der Waals surface area contributed by atoms with Gasteiger partial charge < -0.3 is 10.6 Å². The first-order valence-electron chi connectivity index (χ1n) is 7.22. The molecule has 2 N–H and O–H groups in total. The molecule has 1 fully saturated rings. The number of thioether (sulfide) groups is 1. The molecular weight excluding hydrogens is 276 g/mol. The van der Waals surface area contributed by atoms with E-state index in [0.717, 1.165) is 11.6 Å². The van der Waals surface area contributed by atoms with E-state index in [-0.39, 0.29) is 0 Å². The van der Waals surface area contributed by atoms with Gasteiger partial charge in [0.15, 0.2) is 0 Å². The van der Waals surface area contributed by atoms with E-state index in [2.05, 4.69) is 22.8 Å². The van der Waals surface area contributed by atoms with Gasteiger partial charge in [0.2, 0.25) is 0 Å². The minimum Gasteiger partial charge on any atom is -0.313 e. The summed E-state index contributed by atoms with van der Waals surface area (Å²) in [6.07, 6.45) is 5.19. The van der Waals surface area contributed by atoms with Gasteiger partial charge in [0.05, 0.1) is 0 Å². The second kappa shape index (κ2) is 6.49.